The van der Waals surface area contributed by atoms with E-state index < -0.39 is 0 Å². The van der Waals surface area contributed by atoms with Gasteiger partial charge >= 0.3 is 0 Å². The fourth-order valence-corrected chi connectivity index (χ4v) is 3.48. The third-order valence-electron chi connectivity index (χ3n) is 5.17. The van der Waals surface area contributed by atoms with Gasteiger partial charge in [0.25, 0.3) is 0 Å². The van der Waals surface area contributed by atoms with E-state index in [4.69, 9.17) is 5.41 Å². The van der Waals surface area contributed by atoms with Crippen LogP contribution in [0, 0.1) is 16.7 Å². The molecule has 0 spiro atoms. The summed E-state index contributed by atoms with van der Waals surface area (Å²) >= 11 is 0. The van der Waals surface area contributed by atoms with E-state index in [1.54, 1.807) is 0 Å². The van der Waals surface area contributed by atoms with Crippen molar-refractivity contribution in [3.05, 3.63) is 53.3 Å². The molecule has 25 heavy (non-hydrogen) atoms. The topological polar surface area (TPSA) is 47.9 Å². The number of para-hydroxylation sites is 1. The van der Waals surface area contributed by atoms with Crippen LogP contribution in [0.5, 0.6) is 0 Å². The van der Waals surface area contributed by atoms with Crippen molar-refractivity contribution in [2.45, 2.75) is 46.5 Å². The summed E-state index contributed by atoms with van der Waals surface area (Å²) in [5.41, 5.74) is 4.89. The lowest BCUT2D eigenvalue weighted by Crippen LogP contribution is -2.28. The molecule has 1 atom stereocenters. The third kappa shape index (κ3) is 5.30. The molecule has 0 heterocycles. The maximum absolute atomic E-state index is 7.93. The van der Waals surface area contributed by atoms with Crippen LogP contribution in [0.1, 0.15) is 46.5 Å². The number of benzene rings is 1. The smallest absolute Gasteiger partial charge is 0.0432 e. The van der Waals surface area contributed by atoms with Crippen molar-refractivity contribution < 1.29 is 0 Å². The SMILES string of the molecule is CNCCC1=CC(Nc2ccccc2)=C(C=N)CC1(C)CCC(C)C. The van der Waals surface area contributed by atoms with E-state index in [1.165, 1.54) is 24.6 Å². The van der Waals surface area contributed by atoms with E-state index in [0.29, 0.717) is 5.92 Å². The Hall–Kier alpha value is -1.87. The number of nitrogens with one attached hydrogen (secondary N) is 3. The largest absolute Gasteiger partial charge is 0.355 e. The molecule has 3 nitrogen and oxygen atoms in total. The van der Waals surface area contributed by atoms with E-state index in [9.17, 15) is 0 Å². The maximum Gasteiger partial charge on any atom is 0.0432 e. The minimum Gasteiger partial charge on any atom is -0.355 e. The molecule has 0 saturated heterocycles. The second kappa shape index (κ2) is 9.00. The van der Waals surface area contributed by atoms with Gasteiger partial charge in [0.15, 0.2) is 0 Å². The minimum atomic E-state index is 0.149. The predicted octanol–water partition coefficient (Wildman–Crippen LogP) is 5.38. The lowest BCUT2D eigenvalue weighted by atomic mass is 9.68. The lowest BCUT2D eigenvalue weighted by Gasteiger charge is -2.38. The molecule has 136 valence electrons. The van der Waals surface area contributed by atoms with Gasteiger partial charge in [0.05, 0.1) is 0 Å². The van der Waals surface area contributed by atoms with Crippen LogP contribution in [-0.2, 0) is 0 Å². The summed E-state index contributed by atoms with van der Waals surface area (Å²) in [5.74, 6) is 0.707. The van der Waals surface area contributed by atoms with Gasteiger partial charge < -0.3 is 16.0 Å². The van der Waals surface area contributed by atoms with E-state index in [1.807, 2.05) is 25.2 Å². The highest BCUT2D eigenvalue weighted by Crippen LogP contribution is 2.45. The zero-order chi connectivity index (χ0) is 18.3. The van der Waals surface area contributed by atoms with Crippen molar-refractivity contribution in [1.82, 2.24) is 5.32 Å². The molecule has 0 saturated carbocycles. The highest BCUT2D eigenvalue weighted by atomic mass is 14.9. The Morgan fingerprint density at radius 1 is 1.24 bits per heavy atom. The molecule has 3 heteroatoms. The summed E-state index contributed by atoms with van der Waals surface area (Å²) in [6.07, 6.45) is 8.22. The van der Waals surface area contributed by atoms with Gasteiger partial charge in [0.1, 0.15) is 0 Å². The summed E-state index contributed by atoms with van der Waals surface area (Å²) in [6.45, 7) is 7.94. The average Bonchev–Trinajstić information content (AvgIpc) is 2.61. The van der Waals surface area contributed by atoms with Gasteiger partial charge in [0.2, 0.25) is 0 Å². The Morgan fingerprint density at radius 3 is 2.56 bits per heavy atom. The summed E-state index contributed by atoms with van der Waals surface area (Å²) in [4.78, 5) is 0. The average molecular weight is 340 g/mol. The van der Waals surface area contributed by atoms with Crippen LogP contribution in [-0.4, -0.2) is 19.8 Å². The van der Waals surface area contributed by atoms with Gasteiger partial charge in [-0.15, -0.1) is 0 Å². The van der Waals surface area contributed by atoms with E-state index in [-0.39, 0.29) is 5.41 Å². The molecule has 1 aromatic carbocycles. The maximum atomic E-state index is 7.93. The minimum absolute atomic E-state index is 0.149. The first-order chi connectivity index (χ1) is 12.0. The molecule has 0 aliphatic heterocycles. The fourth-order valence-electron chi connectivity index (χ4n) is 3.48. The van der Waals surface area contributed by atoms with Crippen LogP contribution in [0.25, 0.3) is 0 Å². The summed E-state index contributed by atoms with van der Waals surface area (Å²) < 4.78 is 0. The van der Waals surface area contributed by atoms with Crippen molar-refractivity contribution in [3.63, 3.8) is 0 Å². The molecule has 1 unspecified atom stereocenters. The number of allylic oxidation sites excluding steroid dienone is 2. The lowest BCUT2D eigenvalue weighted by molar-refractivity contribution is 0.315. The second-order valence-electron chi connectivity index (χ2n) is 7.77. The molecule has 1 aromatic rings. The van der Waals surface area contributed by atoms with E-state index in [2.05, 4.69) is 49.6 Å². The Labute approximate surface area is 153 Å². The number of hydrogen-bond acceptors (Lipinski definition) is 3. The van der Waals surface area contributed by atoms with Crippen LogP contribution in [0.15, 0.2) is 53.3 Å². The van der Waals surface area contributed by atoms with Crippen molar-refractivity contribution in [2.75, 3.05) is 18.9 Å². The van der Waals surface area contributed by atoms with Crippen molar-refractivity contribution in [3.8, 4) is 0 Å². The Balaban J connectivity index is 2.30. The second-order valence-corrected chi connectivity index (χ2v) is 7.77. The number of rotatable bonds is 9. The molecule has 0 fully saturated rings. The van der Waals surface area contributed by atoms with Gasteiger partial charge in [0, 0.05) is 17.6 Å². The van der Waals surface area contributed by atoms with Crippen LogP contribution < -0.4 is 10.6 Å². The number of hydrogen-bond donors (Lipinski definition) is 3. The van der Waals surface area contributed by atoms with Gasteiger partial charge in [-0.2, -0.15) is 0 Å². The van der Waals surface area contributed by atoms with Crippen molar-refractivity contribution >= 4 is 11.9 Å². The highest BCUT2D eigenvalue weighted by Gasteiger charge is 2.33. The van der Waals surface area contributed by atoms with Gasteiger partial charge in [-0.25, -0.2) is 0 Å². The van der Waals surface area contributed by atoms with Crippen LogP contribution in [0.3, 0.4) is 0 Å². The van der Waals surface area contributed by atoms with Crippen LogP contribution in [0.4, 0.5) is 5.69 Å². The molecule has 0 radical (unpaired) electrons. The van der Waals surface area contributed by atoms with Crippen LogP contribution >= 0.6 is 0 Å². The molecule has 0 aromatic heterocycles. The monoisotopic (exact) mass is 339 g/mol. The highest BCUT2D eigenvalue weighted by molar-refractivity contribution is 5.80. The molecule has 2 rings (SSSR count). The molecule has 0 amide bonds. The molecule has 1 aliphatic rings. The first-order valence-corrected chi connectivity index (χ1v) is 9.40. The third-order valence-corrected chi connectivity index (χ3v) is 5.17. The van der Waals surface area contributed by atoms with Gasteiger partial charge in [-0.3, -0.25) is 0 Å². The number of anilines is 1. The summed E-state index contributed by atoms with van der Waals surface area (Å²) in [7, 11) is 2.01. The van der Waals surface area contributed by atoms with Crippen molar-refractivity contribution in [1.29, 1.82) is 5.41 Å². The van der Waals surface area contributed by atoms with Gasteiger partial charge in [-0.05, 0) is 68.0 Å². The summed E-state index contributed by atoms with van der Waals surface area (Å²) in [6, 6.07) is 10.2. The molecule has 3 N–H and O–H groups in total. The van der Waals surface area contributed by atoms with Gasteiger partial charge in [-0.1, -0.05) is 51.0 Å². The quantitative estimate of drug-likeness (QED) is 0.529. The van der Waals surface area contributed by atoms with Crippen molar-refractivity contribution in [2.24, 2.45) is 11.3 Å². The summed E-state index contributed by atoms with van der Waals surface area (Å²) in [5, 5.41) is 14.7. The first kappa shape index (κ1) is 19.5. The Morgan fingerprint density at radius 2 is 1.96 bits per heavy atom. The van der Waals surface area contributed by atoms with Crippen LogP contribution in [0.2, 0.25) is 0 Å². The van der Waals surface area contributed by atoms with E-state index >= 15 is 0 Å². The first-order valence-electron chi connectivity index (χ1n) is 9.40. The molecule has 0 bridgehead atoms. The standard InChI is InChI=1S/C22H33N3/c1-17(2)10-12-22(3)15-18(16-23)21(14-19(22)11-13-24-4)25-20-8-6-5-7-9-20/h5-9,14,16-17,23-25H,10-13,15H2,1-4H3. The Bertz CT molecular complexity index is 628. The predicted molar refractivity (Wildman–Crippen MR) is 109 cm³/mol. The molecular weight excluding hydrogens is 306 g/mol. The zero-order valence-electron chi connectivity index (χ0n) is 16.2. The normalized spacial score (nSPS) is 20.6. The zero-order valence-corrected chi connectivity index (χ0v) is 16.2. The fraction of sp³-hybridized carbons (Fsp3) is 0.500. The van der Waals surface area contributed by atoms with E-state index in [0.717, 1.165) is 36.3 Å². The molecular formula is C22H33N3. The molecule has 1 aliphatic carbocycles. The Kier molecular flexibility index (Phi) is 7.01.